The fourth-order valence-corrected chi connectivity index (χ4v) is 5.47. The third-order valence-electron chi connectivity index (χ3n) is 8.08. The number of hydrogen-bond acceptors (Lipinski definition) is 12. The largest absolute Gasteiger partial charge is 0.508 e. The topological polar surface area (TPSA) is 193 Å². The fraction of sp³-hybridized carbons (Fsp3) is 0.406. The molecule has 2 aromatic heterocycles. The summed E-state index contributed by atoms with van der Waals surface area (Å²) in [6.07, 6.45) is 5.47. The van der Waals surface area contributed by atoms with Crippen LogP contribution < -0.4 is 11.1 Å². The normalized spacial score (nSPS) is 14.1. The number of amides is 1. The summed E-state index contributed by atoms with van der Waals surface area (Å²) in [5.74, 6) is -0.986. The van der Waals surface area contributed by atoms with E-state index in [1.54, 1.807) is 53.7 Å². The van der Waals surface area contributed by atoms with Crippen LogP contribution in [0.1, 0.15) is 47.3 Å². The molecule has 0 saturated carbocycles. The predicted octanol–water partition coefficient (Wildman–Crippen LogP) is 2.18. The number of aromatic hydroxyl groups is 1. The molecular weight excluding hydrogens is 642 g/mol. The lowest BCUT2D eigenvalue weighted by molar-refractivity contribution is -0.146. The van der Waals surface area contributed by atoms with Gasteiger partial charge in [-0.3, -0.25) is 4.79 Å². The highest BCUT2D eigenvalue weighted by atomic mass is 35.5. The standard InChI is InChI=1S/C32H39N9O6.ClH/c1-46-31(44)28(5-3-4-10-33)40-19-26(35-37-40)22-16-23(18-24(17-22)30(43)39-13-11-34-12-14-39)27-20-41(38-36-27)29(32(45)47-2)15-21-6-8-25(42)9-7-21;/h6-9,16-20,28-29,34,42H,3-5,10-15,33H2,1-2H3;1H/t28-,29-;/m0./s1. The number of phenolic OH excluding ortho intramolecular Hbond substituents is 1. The van der Waals surface area contributed by atoms with Crippen molar-refractivity contribution < 1.29 is 29.0 Å². The van der Waals surface area contributed by atoms with Gasteiger partial charge in [0.2, 0.25) is 0 Å². The summed E-state index contributed by atoms with van der Waals surface area (Å²) in [6.45, 7) is 3.01. The van der Waals surface area contributed by atoms with Crippen LogP contribution in [0.4, 0.5) is 0 Å². The minimum absolute atomic E-state index is 0. The van der Waals surface area contributed by atoms with Gasteiger partial charge in [-0.2, -0.15) is 0 Å². The lowest BCUT2D eigenvalue weighted by Crippen LogP contribution is -2.46. The molecule has 48 heavy (non-hydrogen) atoms. The Kier molecular flexibility index (Phi) is 12.6. The number of phenols is 1. The van der Waals surface area contributed by atoms with Gasteiger partial charge in [-0.1, -0.05) is 22.6 Å². The molecule has 0 spiro atoms. The van der Waals surface area contributed by atoms with Gasteiger partial charge in [0.1, 0.15) is 17.1 Å². The number of aromatic nitrogens is 6. The van der Waals surface area contributed by atoms with Crippen molar-refractivity contribution in [2.75, 3.05) is 46.9 Å². The van der Waals surface area contributed by atoms with Crippen LogP contribution in [0.5, 0.6) is 5.75 Å². The highest BCUT2D eigenvalue weighted by Crippen LogP contribution is 2.29. The number of nitrogens with two attached hydrogens (primary N) is 1. The van der Waals surface area contributed by atoms with Crippen molar-refractivity contribution in [2.45, 2.75) is 37.8 Å². The van der Waals surface area contributed by atoms with Crippen LogP contribution in [-0.2, 0) is 25.5 Å². The van der Waals surface area contributed by atoms with Gasteiger partial charge in [-0.05, 0) is 61.7 Å². The number of unbranched alkanes of at least 4 members (excludes halogenated alkanes) is 1. The summed E-state index contributed by atoms with van der Waals surface area (Å²) < 4.78 is 13.0. The van der Waals surface area contributed by atoms with Crippen LogP contribution in [0.2, 0.25) is 0 Å². The van der Waals surface area contributed by atoms with E-state index in [1.165, 1.54) is 23.6 Å². The van der Waals surface area contributed by atoms with E-state index < -0.39 is 24.0 Å². The van der Waals surface area contributed by atoms with E-state index in [9.17, 15) is 19.5 Å². The van der Waals surface area contributed by atoms with E-state index in [4.69, 9.17) is 15.2 Å². The molecule has 0 radical (unpaired) electrons. The van der Waals surface area contributed by atoms with Crippen molar-refractivity contribution in [1.29, 1.82) is 0 Å². The number of methoxy groups -OCH3 is 2. The minimum Gasteiger partial charge on any atom is -0.508 e. The Labute approximate surface area is 283 Å². The number of nitrogens with zero attached hydrogens (tertiary/aromatic N) is 7. The van der Waals surface area contributed by atoms with Crippen molar-refractivity contribution in [1.82, 2.24) is 40.2 Å². The quantitative estimate of drug-likeness (QED) is 0.138. The first-order chi connectivity index (χ1) is 22.8. The summed E-state index contributed by atoms with van der Waals surface area (Å²) in [5.41, 5.74) is 8.88. The van der Waals surface area contributed by atoms with Crippen molar-refractivity contribution in [2.24, 2.45) is 5.73 Å². The summed E-state index contributed by atoms with van der Waals surface area (Å²) in [4.78, 5) is 40.9. The van der Waals surface area contributed by atoms with Crippen LogP contribution in [0.25, 0.3) is 22.5 Å². The van der Waals surface area contributed by atoms with Crippen LogP contribution in [0, 0.1) is 0 Å². The highest BCUT2D eigenvalue weighted by Gasteiger charge is 2.26. The maximum atomic E-state index is 13.7. The van der Waals surface area contributed by atoms with E-state index >= 15 is 0 Å². The van der Waals surface area contributed by atoms with Crippen LogP contribution in [0.15, 0.2) is 54.9 Å². The minimum atomic E-state index is -0.828. The number of carbonyl (C=O) groups excluding carboxylic acids is 3. The molecule has 16 heteroatoms. The molecule has 1 aliphatic heterocycles. The average Bonchev–Trinajstić information content (AvgIpc) is 3.80. The van der Waals surface area contributed by atoms with Crippen molar-refractivity contribution in [3.8, 4) is 28.3 Å². The number of hydrogen-bond donors (Lipinski definition) is 3. The predicted molar refractivity (Wildman–Crippen MR) is 177 cm³/mol. The lowest BCUT2D eigenvalue weighted by Gasteiger charge is -2.27. The monoisotopic (exact) mass is 681 g/mol. The van der Waals surface area contributed by atoms with Gasteiger partial charge in [-0.25, -0.2) is 19.0 Å². The molecule has 4 N–H and O–H groups in total. The van der Waals surface area contributed by atoms with Crippen LogP contribution >= 0.6 is 12.4 Å². The Balaban J connectivity index is 0.00000520. The maximum absolute atomic E-state index is 13.7. The molecular formula is C32H40ClN9O6. The van der Waals surface area contributed by atoms with Crippen LogP contribution in [0.3, 0.4) is 0 Å². The number of carbonyl (C=O) groups is 3. The second-order valence-electron chi connectivity index (χ2n) is 11.2. The fourth-order valence-electron chi connectivity index (χ4n) is 5.47. The molecule has 1 aliphatic rings. The first kappa shape index (κ1) is 36.0. The van der Waals surface area contributed by atoms with Gasteiger partial charge < -0.3 is 30.5 Å². The number of nitrogens with one attached hydrogen (secondary N) is 1. The number of benzene rings is 2. The molecule has 256 valence electrons. The summed E-state index contributed by atoms with van der Waals surface area (Å²) in [5, 5.41) is 30.1. The highest BCUT2D eigenvalue weighted by molar-refractivity contribution is 5.97. The zero-order valence-corrected chi connectivity index (χ0v) is 27.6. The molecule has 3 heterocycles. The number of piperazine rings is 1. The number of halogens is 1. The third-order valence-corrected chi connectivity index (χ3v) is 8.08. The van der Waals surface area contributed by atoms with E-state index in [2.05, 4.69) is 25.9 Å². The lowest BCUT2D eigenvalue weighted by atomic mass is 10.0. The van der Waals surface area contributed by atoms with Gasteiger partial charge >= 0.3 is 11.9 Å². The smallest absolute Gasteiger partial charge is 0.331 e. The molecule has 5 rings (SSSR count). The molecule has 1 amide bonds. The summed E-state index contributed by atoms with van der Waals surface area (Å²) in [7, 11) is 2.63. The summed E-state index contributed by atoms with van der Waals surface area (Å²) in [6, 6.07) is 10.3. The molecule has 1 saturated heterocycles. The average molecular weight is 682 g/mol. The Bertz CT molecular complexity index is 1690. The number of ether oxygens (including phenoxy) is 2. The molecule has 0 aliphatic carbocycles. The van der Waals surface area contributed by atoms with E-state index in [-0.39, 0.29) is 30.5 Å². The van der Waals surface area contributed by atoms with Gasteiger partial charge in [-0.15, -0.1) is 22.6 Å². The molecule has 2 aromatic carbocycles. The molecule has 4 aromatic rings. The summed E-state index contributed by atoms with van der Waals surface area (Å²) >= 11 is 0. The molecule has 1 fully saturated rings. The zero-order chi connectivity index (χ0) is 33.3. The van der Waals surface area contributed by atoms with Crippen molar-refractivity contribution >= 4 is 30.3 Å². The molecule has 0 unspecified atom stereocenters. The third kappa shape index (κ3) is 8.53. The van der Waals surface area contributed by atoms with Gasteiger partial charge in [0.15, 0.2) is 12.1 Å². The van der Waals surface area contributed by atoms with Gasteiger partial charge in [0, 0.05) is 49.3 Å². The van der Waals surface area contributed by atoms with E-state index in [0.29, 0.717) is 73.6 Å². The van der Waals surface area contributed by atoms with Crippen molar-refractivity contribution in [3.63, 3.8) is 0 Å². The second-order valence-corrected chi connectivity index (χ2v) is 11.2. The Morgan fingerprint density at radius 2 is 1.44 bits per heavy atom. The van der Waals surface area contributed by atoms with E-state index in [0.717, 1.165) is 12.0 Å². The molecule has 2 atom stereocenters. The number of esters is 2. The Morgan fingerprint density at radius 1 is 0.875 bits per heavy atom. The molecule has 15 nitrogen and oxygen atoms in total. The molecule has 0 bridgehead atoms. The first-order valence-corrected chi connectivity index (χ1v) is 15.4. The van der Waals surface area contributed by atoms with Crippen molar-refractivity contribution in [3.05, 3.63) is 66.0 Å². The van der Waals surface area contributed by atoms with Crippen LogP contribution in [-0.4, -0.2) is 105 Å². The first-order valence-electron chi connectivity index (χ1n) is 15.4. The van der Waals surface area contributed by atoms with Gasteiger partial charge in [0.05, 0.1) is 26.6 Å². The Hall–Kier alpha value is -4.86. The Morgan fingerprint density at radius 3 is 2.00 bits per heavy atom. The zero-order valence-electron chi connectivity index (χ0n) is 26.8. The second kappa shape index (κ2) is 16.8. The van der Waals surface area contributed by atoms with E-state index in [1.807, 2.05) is 6.07 Å². The maximum Gasteiger partial charge on any atom is 0.331 e. The number of rotatable bonds is 13. The SMILES string of the molecule is COC(=O)[C@H](CCCCN)n1cc(-c2cc(C(=O)N3CCNCC3)cc(-c3cn([C@@H](Cc4ccc(O)cc4)C(=O)OC)nn3)c2)nn1.Cl. The van der Waals surface area contributed by atoms with Gasteiger partial charge in [0.25, 0.3) is 5.91 Å².